The van der Waals surface area contributed by atoms with Crippen molar-refractivity contribution in [1.29, 1.82) is 0 Å². The molecule has 8 heteroatoms. The van der Waals surface area contributed by atoms with Crippen LogP contribution in [0.1, 0.15) is 16.8 Å². The second-order valence-corrected chi connectivity index (χ2v) is 5.40. The molecule has 7 nitrogen and oxygen atoms in total. The lowest BCUT2D eigenvalue weighted by Gasteiger charge is -2.18. The molecule has 1 aromatic heterocycles. The lowest BCUT2D eigenvalue weighted by molar-refractivity contribution is -0.0135. The van der Waals surface area contributed by atoms with Gasteiger partial charge < -0.3 is 20.3 Å². The minimum Gasteiger partial charge on any atom is -0.487 e. The van der Waals surface area contributed by atoms with Gasteiger partial charge in [-0.2, -0.15) is 5.10 Å². The van der Waals surface area contributed by atoms with E-state index in [2.05, 4.69) is 15.5 Å². The van der Waals surface area contributed by atoms with Crippen molar-refractivity contribution < 1.29 is 24.1 Å². The molecule has 0 saturated heterocycles. The summed E-state index contributed by atoms with van der Waals surface area (Å²) in [6.45, 7) is 0. The summed E-state index contributed by atoms with van der Waals surface area (Å²) in [4.78, 5) is 12.0. The fourth-order valence-electron chi connectivity index (χ4n) is 2.59. The van der Waals surface area contributed by atoms with Crippen LogP contribution in [0, 0.1) is 5.82 Å². The van der Waals surface area contributed by atoms with E-state index in [4.69, 9.17) is 4.74 Å². The number of carbonyl (C=O) groups is 1. The van der Waals surface area contributed by atoms with Crippen LogP contribution in [0.2, 0.25) is 0 Å². The van der Waals surface area contributed by atoms with Crippen LogP contribution in [-0.2, 0) is 0 Å². The molecule has 1 fully saturated rings. The van der Waals surface area contributed by atoms with Crippen molar-refractivity contribution in [1.82, 2.24) is 15.5 Å². The van der Waals surface area contributed by atoms with Crippen molar-refractivity contribution in [2.75, 3.05) is 0 Å². The predicted molar refractivity (Wildman–Crippen MR) is 77.3 cm³/mol. The third kappa shape index (κ3) is 3.33. The molecule has 1 saturated carbocycles. The number of aromatic amines is 1. The maximum Gasteiger partial charge on any atom is 0.254 e. The van der Waals surface area contributed by atoms with Gasteiger partial charge in [-0.1, -0.05) is 6.07 Å². The molecule has 0 radical (unpaired) electrons. The number of halogens is 1. The van der Waals surface area contributed by atoms with Crippen LogP contribution in [0.15, 0.2) is 36.7 Å². The van der Waals surface area contributed by atoms with E-state index in [0.29, 0.717) is 5.56 Å². The fraction of sp³-hybridized carbons (Fsp3) is 0.333. The second-order valence-electron chi connectivity index (χ2n) is 5.40. The van der Waals surface area contributed by atoms with E-state index in [-0.39, 0.29) is 12.2 Å². The molecule has 3 rings (SSSR count). The van der Waals surface area contributed by atoms with Crippen LogP contribution in [0.25, 0.3) is 0 Å². The van der Waals surface area contributed by atoms with Crippen molar-refractivity contribution in [3.8, 4) is 5.75 Å². The van der Waals surface area contributed by atoms with E-state index >= 15 is 0 Å². The van der Waals surface area contributed by atoms with E-state index in [1.54, 1.807) is 6.07 Å². The predicted octanol–water partition coefficient (Wildman–Crippen LogP) is 0.220. The number of hydrogen-bond donors (Lipinski definition) is 4. The molecule has 1 aliphatic rings. The second kappa shape index (κ2) is 6.35. The number of hydrogen-bond acceptors (Lipinski definition) is 5. The molecule has 1 amide bonds. The normalized spacial score (nSPS) is 26.9. The Balaban J connectivity index is 1.65. The van der Waals surface area contributed by atoms with Gasteiger partial charge >= 0.3 is 0 Å². The number of aliphatic hydroxyl groups excluding tert-OH is 2. The summed E-state index contributed by atoms with van der Waals surface area (Å²) < 4.78 is 18.7. The number of aliphatic hydroxyl groups is 2. The molecule has 4 N–H and O–H groups in total. The number of benzene rings is 1. The van der Waals surface area contributed by atoms with Gasteiger partial charge in [0.25, 0.3) is 5.91 Å². The standard InChI is InChI=1S/C15H16FN3O4/c16-9-2-1-3-10(4-9)23-12-5-11(13(20)14(12)21)19-15(22)8-6-17-18-7-8/h1-4,6-7,11-14,20-21H,5H2,(H,17,18)(H,19,22)/t11-,12-,13+,14+/m1/s1. The number of carbonyl (C=O) groups excluding carboxylic acids is 1. The Bertz CT molecular complexity index is 679. The van der Waals surface area contributed by atoms with Crippen molar-refractivity contribution in [2.45, 2.75) is 30.8 Å². The zero-order valence-corrected chi connectivity index (χ0v) is 12.0. The van der Waals surface area contributed by atoms with Crippen molar-refractivity contribution in [2.24, 2.45) is 0 Å². The first kappa shape index (κ1) is 15.4. The fourth-order valence-corrected chi connectivity index (χ4v) is 2.59. The lowest BCUT2D eigenvalue weighted by atomic mass is 10.2. The molecule has 4 atom stereocenters. The summed E-state index contributed by atoms with van der Waals surface area (Å²) in [7, 11) is 0. The first-order valence-corrected chi connectivity index (χ1v) is 7.12. The van der Waals surface area contributed by atoms with Gasteiger partial charge in [0.15, 0.2) is 0 Å². The Hall–Kier alpha value is -2.45. The highest BCUT2D eigenvalue weighted by atomic mass is 19.1. The summed E-state index contributed by atoms with van der Waals surface area (Å²) in [5, 5.41) is 28.9. The Labute approximate surface area is 131 Å². The summed E-state index contributed by atoms with van der Waals surface area (Å²) in [5.41, 5.74) is 0.321. The van der Waals surface area contributed by atoms with Crippen LogP contribution < -0.4 is 10.1 Å². The maximum absolute atomic E-state index is 13.2. The van der Waals surface area contributed by atoms with E-state index in [9.17, 15) is 19.4 Å². The average molecular weight is 321 g/mol. The van der Waals surface area contributed by atoms with Crippen LogP contribution in [0.3, 0.4) is 0 Å². The Kier molecular flexibility index (Phi) is 4.26. The number of nitrogens with zero attached hydrogens (tertiary/aromatic N) is 1. The van der Waals surface area contributed by atoms with Gasteiger partial charge in [-0.25, -0.2) is 4.39 Å². The molecule has 0 spiro atoms. The highest BCUT2D eigenvalue weighted by molar-refractivity contribution is 5.93. The van der Waals surface area contributed by atoms with E-state index in [1.807, 2.05) is 0 Å². The molecule has 1 aliphatic carbocycles. The van der Waals surface area contributed by atoms with Crippen molar-refractivity contribution in [3.63, 3.8) is 0 Å². The van der Waals surface area contributed by atoms with Crippen LogP contribution in [0.4, 0.5) is 4.39 Å². The first-order chi connectivity index (χ1) is 11.0. The SMILES string of the molecule is O=C(N[C@@H]1C[C@@H](Oc2cccc(F)c2)[C@H](O)[C@H]1O)c1cn[nH]c1. The zero-order valence-electron chi connectivity index (χ0n) is 12.0. The molecule has 0 aliphatic heterocycles. The highest BCUT2D eigenvalue weighted by Gasteiger charge is 2.43. The topological polar surface area (TPSA) is 107 Å². The summed E-state index contributed by atoms with van der Waals surface area (Å²) in [5.74, 6) is -0.621. The Morgan fingerprint density at radius 2 is 2.22 bits per heavy atom. The largest absolute Gasteiger partial charge is 0.487 e. The van der Waals surface area contributed by atoms with Crippen LogP contribution in [-0.4, -0.2) is 50.7 Å². The van der Waals surface area contributed by atoms with Gasteiger partial charge in [0.05, 0.1) is 17.8 Å². The quantitative estimate of drug-likeness (QED) is 0.644. The Morgan fingerprint density at radius 1 is 1.39 bits per heavy atom. The molecule has 23 heavy (non-hydrogen) atoms. The minimum absolute atomic E-state index is 0.197. The number of nitrogens with one attached hydrogen (secondary N) is 2. The molecular weight excluding hydrogens is 305 g/mol. The van der Waals surface area contributed by atoms with E-state index in [1.165, 1.54) is 30.6 Å². The molecule has 0 bridgehead atoms. The van der Waals surface area contributed by atoms with Gasteiger partial charge in [0.1, 0.15) is 29.9 Å². The number of H-pyrrole nitrogens is 1. The van der Waals surface area contributed by atoms with Crippen LogP contribution >= 0.6 is 0 Å². The summed E-state index contributed by atoms with van der Waals surface area (Å²) in [6, 6.07) is 4.84. The molecule has 1 heterocycles. The zero-order chi connectivity index (χ0) is 16.4. The molecule has 2 aromatic rings. The number of ether oxygens (including phenoxy) is 1. The smallest absolute Gasteiger partial charge is 0.254 e. The van der Waals surface area contributed by atoms with Gasteiger partial charge in [0, 0.05) is 18.7 Å². The van der Waals surface area contributed by atoms with Gasteiger partial charge in [-0.15, -0.1) is 0 Å². The third-order valence-corrected chi connectivity index (χ3v) is 3.79. The van der Waals surface area contributed by atoms with E-state index < -0.39 is 36.1 Å². The summed E-state index contributed by atoms with van der Waals surface area (Å²) in [6.07, 6.45) is -0.136. The van der Waals surface area contributed by atoms with Gasteiger partial charge in [0.2, 0.25) is 0 Å². The van der Waals surface area contributed by atoms with Gasteiger partial charge in [-0.05, 0) is 12.1 Å². The van der Waals surface area contributed by atoms with E-state index in [0.717, 1.165) is 0 Å². The maximum atomic E-state index is 13.2. The molecule has 1 aromatic carbocycles. The molecule has 0 unspecified atom stereocenters. The number of amides is 1. The van der Waals surface area contributed by atoms with Crippen LogP contribution in [0.5, 0.6) is 5.75 Å². The lowest BCUT2D eigenvalue weighted by Crippen LogP contribution is -2.43. The average Bonchev–Trinajstić information content (AvgIpc) is 3.13. The summed E-state index contributed by atoms with van der Waals surface area (Å²) >= 11 is 0. The Morgan fingerprint density at radius 3 is 2.91 bits per heavy atom. The highest BCUT2D eigenvalue weighted by Crippen LogP contribution is 2.26. The molecular formula is C15H16FN3O4. The first-order valence-electron chi connectivity index (χ1n) is 7.12. The van der Waals surface area contributed by atoms with Crippen molar-refractivity contribution >= 4 is 5.91 Å². The number of rotatable bonds is 4. The third-order valence-electron chi connectivity index (χ3n) is 3.79. The minimum atomic E-state index is -1.19. The number of aromatic nitrogens is 2. The van der Waals surface area contributed by atoms with Gasteiger partial charge in [-0.3, -0.25) is 9.89 Å². The monoisotopic (exact) mass is 321 g/mol. The molecule has 122 valence electrons. The van der Waals surface area contributed by atoms with Crippen molar-refractivity contribution in [3.05, 3.63) is 48.0 Å².